The number of hydrogen-bond donors (Lipinski definition) is 1. The van der Waals surface area contributed by atoms with Crippen LogP contribution in [0, 0.1) is 13.8 Å². The quantitative estimate of drug-likeness (QED) is 0.465. The maximum Gasteiger partial charge on any atom is 0.300 e. The summed E-state index contributed by atoms with van der Waals surface area (Å²) in [4.78, 5) is 25.1. The zero-order valence-corrected chi connectivity index (χ0v) is 18.8. The molecule has 0 saturated carbocycles. The number of carbonyl (C=O) groups excluding carboxylic acids is 1. The first-order valence-electron chi connectivity index (χ1n) is 10.5. The molecule has 2 aromatic carbocycles. The fraction of sp³-hybridized carbons (Fsp3) is 0.250. The van der Waals surface area contributed by atoms with Gasteiger partial charge in [-0.15, -0.1) is 10.2 Å². The van der Waals surface area contributed by atoms with Crippen molar-refractivity contribution in [2.45, 2.75) is 39.7 Å². The van der Waals surface area contributed by atoms with Gasteiger partial charge in [-0.05, 0) is 55.2 Å². The summed E-state index contributed by atoms with van der Waals surface area (Å²) >= 11 is 6.12. The first-order valence-corrected chi connectivity index (χ1v) is 10.8. The van der Waals surface area contributed by atoms with Crippen molar-refractivity contribution in [3.05, 3.63) is 92.7 Å². The molecule has 4 aromatic rings. The number of fused-ring (bicyclic) bond motifs is 1. The number of nitrogens with zero attached hydrogens (tertiary/aromatic N) is 4. The molecule has 2 aromatic heterocycles. The standard InChI is InChI=1S/C24H24ClN5O2/c1-16-12-17(2)14-19(13-16)29-10-11-30-21(27-28-23(30)24(29)32)8-5-9-22(31)26-15-18-6-3-4-7-20(18)25/h3-4,6-7,10-14H,5,8-9,15H2,1-2H3,(H,26,31). The van der Waals surface area contributed by atoms with E-state index in [0.29, 0.717) is 36.7 Å². The van der Waals surface area contributed by atoms with Crippen molar-refractivity contribution in [2.24, 2.45) is 0 Å². The minimum Gasteiger partial charge on any atom is -0.352 e. The molecule has 0 aliphatic carbocycles. The van der Waals surface area contributed by atoms with Gasteiger partial charge in [0.25, 0.3) is 0 Å². The minimum absolute atomic E-state index is 0.0593. The number of carbonyl (C=O) groups is 1. The predicted octanol–water partition coefficient (Wildman–Crippen LogP) is 3.79. The minimum atomic E-state index is -0.228. The molecule has 164 valence electrons. The molecule has 0 spiro atoms. The Balaban J connectivity index is 1.41. The second kappa shape index (κ2) is 9.36. The van der Waals surface area contributed by atoms with Gasteiger partial charge in [0.15, 0.2) is 0 Å². The Bertz CT molecular complexity index is 1320. The Morgan fingerprint density at radius 1 is 1.06 bits per heavy atom. The number of nitrogens with one attached hydrogen (secondary N) is 1. The van der Waals surface area contributed by atoms with Gasteiger partial charge < -0.3 is 5.32 Å². The lowest BCUT2D eigenvalue weighted by Crippen LogP contribution is -2.23. The molecule has 0 aliphatic rings. The lowest BCUT2D eigenvalue weighted by atomic mass is 10.1. The van der Waals surface area contributed by atoms with Crippen LogP contribution in [0.1, 0.15) is 35.4 Å². The van der Waals surface area contributed by atoms with Crippen molar-refractivity contribution in [2.75, 3.05) is 0 Å². The van der Waals surface area contributed by atoms with Crippen molar-refractivity contribution >= 4 is 23.2 Å². The van der Waals surface area contributed by atoms with Crippen LogP contribution in [0.3, 0.4) is 0 Å². The second-order valence-corrected chi connectivity index (χ2v) is 8.26. The molecular formula is C24H24ClN5O2. The Morgan fingerprint density at radius 3 is 2.56 bits per heavy atom. The molecule has 1 amide bonds. The molecule has 0 bridgehead atoms. The van der Waals surface area contributed by atoms with Crippen molar-refractivity contribution in [1.82, 2.24) is 24.5 Å². The van der Waals surface area contributed by atoms with Crippen molar-refractivity contribution in [3.8, 4) is 5.69 Å². The van der Waals surface area contributed by atoms with E-state index in [0.717, 1.165) is 22.4 Å². The van der Waals surface area contributed by atoms with Gasteiger partial charge in [-0.25, -0.2) is 0 Å². The molecule has 2 heterocycles. The van der Waals surface area contributed by atoms with E-state index in [1.54, 1.807) is 27.4 Å². The summed E-state index contributed by atoms with van der Waals surface area (Å²) in [6, 6.07) is 13.4. The lowest BCUT2D eigenvalue weighted by molar-refractivity contribution is -0.121. The van der Waals surface area contributed by atoms with Gasteiger partial charge in [-0.1, -0.05) is 35.9 Å². The summed E-state index contributed by atoms with van der Waals surface area (Å²) in [6.45, 7) is 4.39. The van der Waals surface area contributed by atoms with Crippen LogP contribution in [0.2, 0.25) is 5.02 Å². The molecule has 0 atom stereocenters. The summed E-state index contributed by atoms with van der Waals surface area (Å²) in [6.07, 6.45) is 5.00. The Kier molecular flexibility index (Phi) is 6.37. The largest absolute Gasteiger partial charge is 0.352 e. The Labute approximate surface area is 190 Å². The molecule has 0 aliphatic heterocycles. The normalized spacial score (nSPS) is 11.1. The van der Waals surface area contributed by atoms with E-state index in [-0.39, 0.29) is 17.1 Å². The van der Waals surface area contributed by atoms with Crippen LogP contribution in [0.25, 0.3) is 11.3 Å². The second-order valence-electron chi connectivity index (χ2n) is 7.85. The van der Waals surface area contributed by atoms with E-state index in [2.05, 4.69) is 21.6 Å². The smallest absolute Gasteiger partial charge is 0.300 e. The van der Waals surface area contributed by atoms with Crippen LogP contribution in [0.15, 0.2) is 59.7 Å². The first-order chi connectivity index (χ1) is 15.4. The van der Waals surface area contributed by atoms with Gasteiger partial charge in [0.1, 0.15) is 5.82 Å². The van der Waals surface area contributed by atoms with E-state index < -0.39 is 0 Å². The summed E-state index contributed by atoms with van der Waals surface area (Å²) in [7, 11) is 0. The third-order valence-electron chi connectivity index (χ3n) is 5.26. The highest BCUT2D eigenvalue weighted by molar-refractivity contribution is 6.31. The van der Waals surface area contributed by atoms with Crippen LogP contribution < -0.4 is 10.9 Å². The van der Waals surface area contributed by atoms with Crippen molar-refractivity contribution in [1.29, 1.82) is 0 Å². The monoisotopic (exact) mass is 449 g/mol. The molecule has 8 heteroatoms. The van der Waals surface area contributed by atoms with Gasteiger partial charge in [-0.2, -0.15) is 0 Å². The van der Waals surface area contributed by atoms with Crippen molar-refractivity contribution in [3.63, 3.8) is 0 Å². The molecule has 32 heavy (non-hydrogen) atoms. The fourth-order valence-corrected chi connectivity index (χ4v) is 3.93. The number of aryl methyl sites for hydroxylation is 3. The number of amides is 1. The summed E-state index contributed by atoms with van der Waals surface area (Å²) in [5, 5.41) is 11.8. The zero-order valence-electron chi connectivity index (χ0n) is 18.0. The van der Waals surface area contributed by atoms with Crippen LogP contribution in [0.4, 0.5) is 0 Å². The third kappa shape index (κ3) is 4.73. The Morgan fingerprint density at radius 2 is 1.81 bits per heavy atom. The molecule has 0 fully saturated rings. The number of rotatable bonds is 7. The third-order valence-corrected chi connectivity index (χ3v) is 5.63. The highest BCUT2D eigenvalue weighted by atomic mass is 35.5. The van der Waals surface area contributed by atoms with Gasteiger partial charge in [0.2, 0.25) is 11.6 Å². The maximum atomic E-state index is 13.0. The Hall–Kier alpha value is -3.45. The molecule has 1 N–H and O–H groups in total. The summed E-state index contributed by atoms with van der Waals surface area (Å²) in [5.74, 6) is 0.597. The zero-order chi connectivity index (χ0) is 22.7. The maximum absolute atomic E-state index is 13.0. The number of halogens is 1. The number of aromatic nitrogens is 4. The van der Waals surface area contributed by atoms with E-state index in [4.69, 9.17) is 11.6 Å². The molecular weight excluding hydrogens is 426 g/mol. The molecule has 7 nitrogen and oxygen atoms in total. The molecule has 0 unspecified atom stereocenters. The van der Waals surface area contributed by atoms with Gasteiger partial charge in [0.05, 0.1) is 0 Å². The fourth-order valence-electron chi connectivity index (χ4n) is 3.73. The first kappa shape index (κ1) is 21.8. The average molecular weight is 450 g/mol. The molecule has 0 radical (unpaired) electrons. The van der Waals surface area contributed by atoms with E-state index in [1.807, 2.05) is 44.2 Å². The number of benzene rings is 2. The summed E-state index contributed by atoms with van der Waals surface area (Å²) < 4.78 is 3.28. The SMILES string of the molecule is Cc1cc(C)cc(-n2ccn3c(CCCC(=O)NCc4ccccc4Cl)nnc3c2=O)c1. The van der Waals surface area contributed by atoms with Gasteiger partial charge >= 0.3 is 5.56 Å². The van der Waals surface area contributed by atoms with Crippen LogP contribution >= 0.6 is 11.6 Å². The average Bonchev–Trinajstić information content (AvgIpc) is 3.17. The highest BCUT2D eigenvalue weighted by Crippen LogP contribution is 2.15. The lowest BCUT2D eigenvalue weighted by Gasteiger charge is -2.09. The number of hydrogen-bond acceptors (Lipinski definition) is 4. The van der Waals surface area contributed by atoms with Crippen LogP contribution in [-0.2, 0) is 17.8 Å². The molecule has 0 saturated heterocycles. The van der Waals surface area contributed by atoms with Gasteiger partial charge in [-0.3, -0.25) is 18.6 Å². The van der Waals surface area contributed by atoms with Crippen LogP contribution in [0.5, 0.6) is 0 Å². The van der Waals surface area contributed by atoms with Crippen molar-refractivity contribution < 1.29 is 4.79 Å². The predicted molar refractivity (Wildman–Crippen MR) is 124 cm³/mol. The topological polar surface area (TPSA) is 81.3 Å². The van der Waals surface area contributed by atoms with Crippen LogP contribution in [-0.4, -0.2) is 25.1 Å². The van der Waals surface area contributed by atoms with E-state index >= 15 is 0 Å². The van der Waals surface area contributed by atoms with E-state index in [1.165, 1.54) is 0 Å². The molecule has 4 rings (SSSR count). The van der Waals surface area contributed by atoms with Gasteiger partial charge in [0, 0.05) is 42.5 Å². The highest BCUT2D eigenvalue weighted by Gasteiger charge is 2.13. The summed E-state index contributed by atoms with van der Waals surface area (Å²) in [5.41, 5.74) is 3.89. The van der Waals surface area contributed by atoms with E-state index in [9.17, 15) is 9.59 Å².